The Bertz CT molecular complexity index is 806. The Labute approximate surface area is 166 Å². The van der Waals surface area contributed by atoms with E-state index in [9.17, 15) is 9.59 Å². The molecule has 0 aromatic heterocycles. The van der Waals surface area contributed by atoms with Gasteiger partial charge in [0, 0.05) is 18.7 Å². The molecule has 2 unspecified atom stereocenters. The molecule has 6 nitrogen and oxygen atoms in total. The zero-order valence-electron chi connectivity index (χ0n) is 16.6. The molecule has 28 heavy (non-hydrogen) atoms. The maximum atomic E-state index is 12.9. The van der Waals surface area contributed by atoms with E-state index in [1.807, 2.05) is 68.7 Å². The van der Waals surface area contributed by atoms with Crippen molar-refractivity contribution in [1.82, 2.24) is 10.2 Å². The van der Waals surface area contributed by atoms with Gasteiger partial charge in [-0.15, -0.1) is 0 Å². The highest BCUT2D eigenvalue weighted by Crippen LogP contribution is 2.27. The standard InChI is InChI=1S/C22H27N3O3/c1-24(2)20(16-9-11-18(28-3)12-10-16)15-23-22(27)19-13-14-21(26)25(19)17-7-5-4-6-8-17/h4-12,19-20H,13-15H2,1-3H3,(H,23,27). The van der Waals surface area contributed by atoms with Crippen LogP contribution in [0.2, 0.25) is 0 Å². The minimum atomic E-state index is -0.464. The molecule has 0 saturated carbocycles. The predicted molar refractivity (Wildman–Crippen MR) is 109 cm³/mol. The molecule has 2 atom stereocenters. The van der Waals surface area contributed by atoms with Gasteiger partial charge in [0.1, 0.15) is 11.8 Å². The molecule has 3 rings (SSSR count). The summed E-state index contributed by atoms with van der Waals surface area (Å²) in [7, 11) is 5.60. The van der Waals surface area contributed by atoms with Crippen LogP contribution in [0.5, 0.6) is 5.75 Å². The summed E-state index contributed by atoms with van der Waals surface area (Å²) in [4.78, 5) is 28.9. The Morgan fingerprint density at radius 1 is 1.18 bits per heavy atom. The second-order valence-electron chi connectivity index (χ2n) is 7.15. The monoisotopic (exact) mass is 381 g/mol. The van der Waals surface area contributed by atoms with Gasteiger partial charge in [-0.3, -0.25) is 14.5 Å². The smallest absolute Gasteiger partial charge is 0.243 e. The first-order valence-electron chi connectivity index (χ1n) is 9.46. The van der Waals surface area contributed by atoms with Crippen LogP contribution in [-0.2, 0) is 9.59 Å². The van der Waals surface area contributed by atoms with Crippen LogP contribution in [0.4, 0.5) is 5.69 Å². The Hall–Kier alpha value is -2.86. The summed E-state index contributed by atoms with van der Waals surface area (Å²) in [5.41, 5.74) is 1.86. The molecule has 1 aliphatic heterocycles. The van der Waals surface area contributed by atoms with Crippen molar-refractivity contribution in [3.63, 3.8) is 0 Å². The number of hydrogen-bond acceptors (Lipinski definition) is 4. The number of benzene rings is 2. The third kappa shape index (κ3) is 4.34. The fourth-order valence-electron chi connectivity index (χ4n) is 3.58. The number of nitrogens with zero attached hydrogens (tertiary/aromatic N) is 2. The van der Waals surface area contributed by atoms with Gasteiger partial charge in [0.05, 0.1) is 13.2 Å². The van der Waals surface area contributed by atoms with Gasteiger partial charge in [0.15, 0.2) is 0 Å². The van der Waals surface area contributed by atoms with Crippen molar-refractivity contribution in [2.24, 2.45) is 0 Å². The molecule has 0 bridgehead atoms. The van der Waals surface area contributed by atoms with Crippen LogP contribution in [-0.4, -0.2) is 50.5 Å². The third-order valence-electron chi connectivity index (χ3n) is 5.14. The Balaban J connectivity index is 1.69. The van der Waals surface area contributed by atoms with Gasteiger partial charge in [-0.2, -0.15) is 0 Å². The van der Waals surface area contributed by atoms with E-state index in [0.29, 0.717) is 19.4 Å². The molecule has 2 amide bonds. The first kappa shape index (κ1) is 19.9. The normalized spacial score (nSPS) is 17.6. The summed E-state index contributed by atoms with van der Waals surface area (Å²) < 4.78 is 5.22. The van der Waals surface area contributed by atoms with Crippen LogP contribution in [0.3, 0.4) is 0 Å². The zero-order chi connectivity index (χ0) is 20.1. The molecule has 1 N–H and O–H groups in total. The molecular formula is C22H27N3O3. The number of rotatable bonds is 7. The number of carbonyl (C=O) groups excluding carboxylic acids is 2. The molecular weight excluding hydrogens is 354 g/mol. The average Bonchev–Trinajstić information content (AvgIpc) is 3.10. The number of carbonyl (C=O) groups is 2. The maximum Gasteiger partial charge on any atom is 0.243 e. The van der Waals surface area contributed by atoms with E-state index in [0.717, 1.165) is 17.0 Å². The molecule has 148 valence electrons. The minimum absolute atomic E-state index is 0.00864. The van der Waals surface area contributed by atoms with Crippen molar-refractivity contribution in [3.05, 3.63) is 60.2 Å². The van der Waals surface area contributed by atoms with E-state index < -0.39 is 6.04 Å². The van der Waals surface area contributed by atoms with E-state index in [-0.39, 0.29) is 17.9 Å². The van der Waals surface area contributed by atoms with Gasteiger partial charge in [-0.05, 0) is 50.3 Å². The number of hydrogen-bond donors (Lipinski definition) is 1. The van der Waals surface area contributed by atoms with Gasteiger partial charge >= 0.3 is 0 Å². The second-order valence-corrected chi connectivity index (χ2v) is 7.15. The predicted octanol–water partition coefficient (Wildman–Crippen LogP) is 2.61. The Kier molecular flexibility index (Phi) is 6.31. The summed E-state index contributed by atoms with van der Waals surface area (Å²) in [6, 6.07) is 16.8. The summed E-state index contributed by atoms with van der Waals surface area (Å²) >= 11 is 0. The summed E-state index contributed by atoms with van der Waals surface area (Å²) in [6.07, 6.45) is 0.928. The minimum Gasteiger partial charge on any atom is -0.497 e. The van der Waals surface area contributed by atoms with Crippen LogP contribution in [0, 0.1) is 0 Å². The lowest BCUT2D eigenvalue weighted by Crippen LogP contribution is -2.46. The highest BCUT2D eigenvalue weighted by atomic mass is 16.5. The van der Waals surface area contributed by atoms with Gasteiger partial charge in [-0.25, -0.2) is 0 Å². The number of ether oxygens (including phenoxy) is 1. The average molecular weight is 381 g/mol. The van der Waals surface area contributed by atoms with E-state index in [1.165, 1.54) is 0 Å². The van der Waals surface area contributed by atoms with Crippen LogP contribution in [0.15, 0.2) is 54.6 Å². The number of likely N-dealkylation sites (N-methyl/N-ethyl adjacent to an activating group) is 1. The Morgan fingerprint density at radius 2 is 1.86 bits per heavy atom. The highest BCUT2D eigenvalue weighted by Gasteiger charge is 2.37. The van der Waals surface area contributed by atoms with E-state index in [1.54, 1.807) is 12.0 Å². The molecule has 1 aliphatic rings. The molecule has 0 radical (unpaired) electrons. The van der Waals surface area contributed by atoms with Crippen LogP contribution < -0.4 is 15.0 Å². The fraction of sp³-hybridized carbons (Fsp3) is 0.364. The SMILES string of the molecule is COc1ccc(C(CNC(=O)C2CCC(=O)N2c2ccccc2)N(C)C)cc1. The number of para-hydroxylation sites is 1. The maximum absolute atomic E-state index is 12.9. The summed E-state index contributed by atoms with van der Waals surface area (Å²) in [6.45, 7) is 0.464. The highest BCUT2D eigenvalue weighted by molar-refractivity contribution is 6.03. The number of nitrogens with one attached hydrogen (secondary N) is 1. The molecule has 0 spiro atoms. The van der Waals surface area contributed by atoms with Crippen molar-refractivity contribution in [3.8, 4) is 5.75 Å². The van der Waals surface area contributed by atoms with Crippen molar-refractivity contribution in [2.45, 2.75) is 24.9 Å². The molecule has 1 fully saturated rings. The van der Waals surface area contributed by atoms with E-state index in [2.05, 4.69) is 10.2 Å². The quantitative estimate of drug-likeness (QED) is 0.801. The summed E-state index contributed by atoms with van der Waals surface area (Å²) in [5, 5.41) is 3.05. The number of methoxy groups -OCH3 is 1. The van der Waals surface area contributed by atoms with Crippen LogP contribution in [0.25, 0.3) is 0 Å². The van der Waals surface area contributed by atoms with Gasteiger partial charge in [0.2, 0.25) is 11.8 Å². The van der Waals surface area contributed by atoms with Gasteiger partial charge in [-0.1, -0.05) is 30.3 Å². The van der Waals surface area contributed by atoms with Crippen molar-refractivity contribution >= 4 is 17.5 Å². The first-order chi connectivity index (χ1) is 13.5. The van der Waals surface area contributed by atoms with E-state index in [4.69, 9.17) is 4.74 Å². The zero-order valence-corrected chi connectivity index (χ0v) is 16.6. The van der Waals surface area contributed by atoms with Gasteiger partial charge < -0.3 is 15.0 Å². The summed E-state index contributed by atoms with van der Waals surface area (Å²) in [5.74, 6) is 0.675. The van der Waals surface area contributed by atoms with E-state index >= 15 is 0 Å². The fourth-order valence-corrected chi connectivity index (χ4v) is 3.58. The molecule has 0 aliphatic carbocycles. The van der Waals surface area contributed by atoms with Crippen molar-refractivity contribution in [1.29, 1.82) is 0 Å². The first-order valence-corrected chi connectivity index (χ1v) is 9.46. The lowest BCUT2D eigenvalue weighted by Gasteiger charge is -2.28. The van der Waals surface area contributed by atoms with Crippen LogP contribution in [0.1, 0.15) is 24.4 Å². The molecule has 6 heteroatoms. The Morgan fingerprint density at radius 3 is 2.46 bits per heavy atom. The third-order valence-corrected chi connectivity index (χ3v) is 5.14. The topological polar surface area (TPSA) is 61.9 Å². The van der Waals surface area contributed by atoms with Gasteiger partial charge in [0.25, 0.3) is 0 Å². The molecule has 2 aromatic rings. The molecule has 1 heterocycles. The lowest BCUT2D eigenvalue weighted by molar-refractivity contribution is -0.124. The number of anilines is 1. The number of amides is 2. The largest absolute Gasteiger partial charge is 0.497 e. The van der Waals surface area contributed by atoms with Crippen molar-refractivity contribution in [2.75, 3.05) is 32.6 Å². The molecule has 2 aromatic carbocycles. The van der Waals surface area contributed by atoms with Crippen LogP contribution >= 0.6 is 0 Å². The van der Waals surface area contributed by atoms with Crippen molar-refractivity contribution < 1.29 is 14.3 Å². The lowest BCUT2D eigenvalue weighted by atomic mass is 10.1. The molecule has 1 saturated heterocycles. The second kappa shape index (κ2) is 8.89.